The Kier molecular flexibility index (Phi) is 6.26. The van der Waals surface area contributed by atoms with Gasteiger partial charge in [0.15, 0.2) is 0 Å². The molecule has 0 bridgehead atoms. The number of esters is 1. The zero-order chi connectivity index (χ0) is 19.1. The monoisotopic (exact) mass is 365 g/mol. The molecule has 0 spiro atoms. The molecule has 2 atom stereocenters. The summed E-state index contributed by atoms with van der Waals surface area (Å²) in [4.78, 5) is 24.3. The van der Waals surface area contributed by atoms with Gasteiger partial charge in [0.1, 0.15) is 12.7 Å². The number of ether oxygens (including phenoxy) is 2. The van der Waals surface area contributed by atoms with Crippen molar-refractivity contribution in [2.24, 2.45) is 0 Å². The van der Waals surface area contributed by atoms with E-state index < -0.39 is 12.2 Å². The summed E-state index contributed by atoms with van der Waals surface area (Å²) in [6, 6.07) is 18.2. The third-order valence-electron chi connectivity index (χ3n) is 4.56. The first-order chi connectivity index (χ1) is 13.1. The Labute approximate surface area is 159 Å². The standard InChI is InChI=1S/C22H23NO4/c1-16-12-13-19(23-22(25)26-15-17-8-4-2-5-9-17)14-20(16)27-21(24)18-10-6-3-7-11-18/h2-11,19-20H,1,12-15H2,(H,23,25). The first-order valence-corrected chi connectivity index (χ1v) is 9.02. The highest BCUT2D eigenvalue weighted by molar-refractivity contribution is 5.89. The molecule has 1 saturated carbocycles. The minimum Gasteiger partial charge on any atom is -0.454 e. The van der Waals surface area contributed by atoms with Crippen LogP contribution in [-0.4, -0.2) is 24.2 Å². The van der Waals surface area contributed by atoms with Crippen molar-refractivity contribution >= 4 is 12.1 Å². The van der Waals surface area contributed by atoms with Gasteiger partial charge in [-0.3, -0.25) is 0 Å². The molecule has 1 fully saturated rings. The molecule has 5 heteroatoms. The average molecular weight is 365 g/mol. The van der Waals surface area contributed by atoms with Crippen molar-refractivity contribution in [2.75, 3.05) is 0 Å². The Bertz CT molecular complexity index is 788. The van der Waals surface area contributed by atoms with Gasteiger partial charge in [0.2, 0.25) is 0 Å². The fraction of sp³-hybridized carbons (Fsp3) is 0.273. The second-order valence-electron chi connectivity index (χ2n) is 6.60. The zero-order valence-corrected chi connectivity index (χ0v) is 15.1. The number of hydrogen-bond acceptors (Lipinski definition) is 4. The van der Waals surface area contributed by atoms with Gasteiger partial charge in [-0.15, -0.1) is 0 Å². The van der Waals surface area contributed by atoms with Crippen molar-refractivity contribution < 1.29 is 19.1 Å². The van der Waals surface area contributed by atoms with E-state index in [2.05, 4.69) is 11.9 Å². The van der Waals surface area contributed by atoms with Crippen molar-refractivity contribution in [3.63, 3.8) is 0 Å². The maximum Gasteiger partial charge on any atom is 0.407 e. The van der Waals surface area contributed by atoms with Gasteiger partial charge >= 0.3 is 12.1 Å². The largest absolute Gasteiger partial charge is 0.454 e. The van der Waals surface area contributed by atoms with Gasteiger partial charge in [-0.05, 0) is 36.1 Å². The van der Waals surface area contributed by atoms with Crippen LogP contribution in [0.1, 0.15) is 35.2 Å². The number of alkyl carbamates (subject to hydrolysis) is 1. The Morgan fingerprint density at radius 3 is 2.41 bits per heavy atom. The van der Waals surface area contributed by atoms with Gasteiger partial charge < -0.3 is 14.8 Å². The van der Waals surface area contributed by atoms with Gasteiger partial charge in [-0.2, -0.15) is 0 Å². The molecule has 3 rings (SSSR count). The number of amides is 1. The quantitative estimate of drug-likeness (QED) is 0.636. The molecule has 2 aromatic carbocycles. The number of carbonyl (C=O) groups excluding carboxylic acids is 2. The van der Waals surface area contributed by atoms with E-state index in [1.54, 1.807) is 24.3 Å². The van der Waals surface area contributed by atoms with E-state index in [-0.39, 0.29) is 18.6 Å². The number of benzene rings is 2. The lowest BCUT2D eigenvalue weighted by Gasteiger charge is -2.31. The number of nitrogens with one attached hydrogen (secondary N) is 1. The molecular formula is C22H23NO4. The zero-order valence-electron chi connectivity index (χ0n) is 15.1. The predicted octanol–water partition coefficient (Wildman–Crippen LogP) is 4.25. The van der Waals surface area contributed by atoms with Crippen LogP contribution >= 0.6 is 0 Å². The first kappa shape index (κ1) is 18.7. The molecule has 27 heavy (non-hydrogen) atoms. The van der Waals surface area contributed by atoms with Gasteiger partial charge in [-0.25, -0.2) is 9.59 Å². The lowest BCUT2D eigenvalue weighted by atomic mass is 9.89. The summed E-state index contributed by atoms with van der Waals surface area (Å²) in [5.74, 6) is -0.381. The second kappa shape index (κ2) is 9.03. The molecule has 0 aromatic heterocycles. The predicted molar refractivity (Wildman–Crippen MR) is 102 cm³/mol. The van der Waals surface area contributed by atoms with E-state index in [0.717, 1.165) is 17.6 Å². The van der Waals surface area contributed by atoms with Crippen molar-refractivity contribution in [3.8, 4) is 0 Å². The Balaban J connectivity index is 1.50. The molecule has 140 valence electrons. The van der Waals surface area contributed by atoms with Crippen LogP contribution < -0.4 is 5.32 Å². The van der Waals surface area contributed by atoms with E-state index in [4.69, 9.17) is 9.47 Å². The maximum atomic E-state index is 12.3. The minimum atomic E-state index is -0.468. The van der Waals surface area contributed by atoms with Gasteiger partial charge in [-0.1, -0.05) is 55.1 Å². The third kappa shape index (κ3) is 5.45. The van der Waals surface area contributed by atoms with Gasteiger partial charge in [0, 0.05) is 12.5 Å². The van der Waals surface area contributed by atoms with Crippen LogP contribution in [-0.2, 0) is 16.1 Å². The number of carbonyl (C=O) groups is 2. The summed E-state index contributed by atoms with van der Waals surface area (Å²) >= 11 is 0. The lowest BCUT2D eigenvalue weighted by Crippen LogP contribution is -2.41. The summed E-state index contributed by atoms with van der Waals surface area (Å²) in [6.45, 7) is 4.23. The average Bonchev–Trinajstić information content (AvgIpc) is 2.70. The molecule has 0 saturated heterocycles. The van der Waals surface area contributed by atoms with E-state index in [1.165, 1.54) is 0 Å². The SMILES string of the molecule is C=C1CCC(NC(=O)OCc2ccccc2)CC1OC(=O)c1ccccc1. The fourth-order valence-corrected chi connectivity index (χ4v) is 3.03. The molecule has 0 heterocycles. The Morgan fingerprint density at radius 2 is 1.70 bits per heavy atom. The smallest absolute Gasteiger partial charge is 0.407 e. The molecule has 0 radical (unpaired) electrons. The summed E-state index contributed by atoms with van der Waals surface area (Å²) in [6.07, 6.45) is 1.06. The molecule has 5 nitrogen and oxygen atoms in total. The van der Waals surface area contributed by atoms with Crippen molar-refractivity contribution in [2.45, 2.75) is 38.0 Å². The fourth-order valence-electron chi connectivity index (χ4n) is 3.03. The highest BCUT2D eigenvalue weighted by Gasteiger charge is 2.29. The molecular weight excluding hydrogens is 342 g/mol. The van der Waals surface area contributed by atoms with Crippen LogP contribution in [0.25, 0.3) is 0 Å². The Hall–Kier alpha value is -3.08. The van der Waals surface area contributed by atoms with Crippen LogP contribution in [0.15, 0.2) is 72.8 Å². The van der Waals surface area contributed by atoms with E-state index >= 15 is 0 Å². The summed E-state index contributed by atoms with van der Waals surface area (Å²) < 4.78 is 10.9. The second-order valence-corrected chi connectivity index (χ2v) is 6.60. The van der Waals surface area contributed by atoms with Crippen molar-refractivity contribution in [1.82, 2.24) is 5.32 Å². The van der Waals surface area contributed by atoms with Crippen molar-refractivity contribution in [1.29, 1.82) is 0 Å². The molecule has 1 N–H and O–H groups in total. The van der Waals surface area contributed by atoms with E-state index in [0.29, 0.717) is 18.4 Å². The summed E-state index contributed by atoms with van der Waals surface area (Å²) in [5.41, 5.74) is 2.30. The highest BCUT2D eigenvalue weighted by Crippen LogP contribution is 2.26. The van der Waals surface area contributed by atoms with Crippen LogP contribution in [0.4, 0.5) is 4.79 Å². The highest BCUT2D eigenvalue weighted by atomic mass is 16.6. The normalized spacial score (nSPS) is 19.2. The van der Waals surface area contributed by atoms with Gasteiger partial charge in [0.25, 0.3) is 0 Å². The lowest BCUT2D eigenvalue weighted by molar-refractivity contribution is 0.0302. The van der Waals surface area contributed by atoms with Crippen LogP contribution in [0.3, 0.4) is 0 Å². The van der Waals surface area contributed by atoms with Crippen LogP contribution in [0, 0.1) is 0 Å². The van der Waals surface area contributed by atoms with E-state index in [9.17, 15) is 9.59 Å². The third-order valence-corrected chi connectivity index (χ3v) is 4.56. The first-order valence-electron chi connectivity index (χ1n) is 9.02. The molecule has 1 aliphatic carbocycles. The molecule has 1 aliphatic rings. The molecule has 1 amide bonds. The van der Waals surface area contributed by atoms with Gasteiger partial charge in [0.05, 0.1) is 5.56 Å². The van der Waals surface area contributed by atoms with Crippen LogP contribution in [0.5, 0.6) is 0 Å². The topological polar surface area (TPSA) is 64.6 Å². The minimum absolute atomic E-state index is 0.118. The number of hydrogen-bond donors (Lipinski definition) is 1. The Morgan fingerprint density at radius 1 is 1.04 bits per heavy atom. The van der Waals surface area contributed by atoms with E-state index in [1.807, 2.05) is 36.4 Å². The molecule has 0 aliphatic heterocycles. The number of rotatable bonds is 5. The molecule has 2 aromatic rings. The molecule has 2 unspecified atom stereocenters. The van der Waals surface area contributed by atoms with Crippen LogP contribution in [0.2, 0.25) is 0 Å². The summed E-state index contributed by atoms with van der Waals surface area (Å²) in [7, 11) is 0. The van der Waals surface area contributed by atoms with Crippen molar-refractivity contribution in [3.05, 3.63) is 83.9 Å². The summed E-state index contributed by atoms with van der Waals surface area (Å²) in [5, 5.41) is 2.86. The maximum absolute atomic E-state index is 12.3.